The lowest BCUT2D eigenvalue weighted by Gasteiger charge is -2.23. The standard InChI is InChI=1S/C14H22N2O3/c1-4-16(5-2)9-10(3)15-14(19)13-11(17)7-6-8-12(13)18/h6-8,10,17-18H,4-5,9H2,1-3H3,(H,15,19). The number of phenolic OH excluding ortho intramolecular Hbond substituents is 2. The van der Waals surface area contributed by atoms with Crippen molar-refractivity contribution in [1.29, 1.82) is 0 Å². The van der Waals surface area contributed by atoms with Gasteiger partial charge in [-0.2, -0.15) is 0 Å². The van der Waals surface area contributed by atoms with Crippen LogP contribution >= 0.6 is 0 Å². The minimum absolute atomic E-state index is 0.0635. The third-order valence-corrected chi connectivity index (χ3v) is 3.05. The van der Waals surface area contributed by atoms with Gasteiger partial charge in [0.05, 0.1) is 0 Å². The zero-order chi connectivity index (χ0) is 14.4. The summed E-state index contributed by atoms with van der Waals surface area (Å²) in [5.41, 5.74) is -0.0751. The molecule has 0 bridgehead atoms. The highest BCUT2D eigenvalue weighted by Crippen LogP contribution is 2.25. The van der Waals surface area contributed by atoms with Crippen molar-refractivity contribution in [2.75, 3.05) is 19.6 Å². The van der Waals surface area contributed by atoms with Crippen LogP contribution in [0.25, 0.3) is 0 Å². The van der Waals surface area contributed by atoms with E-state index in [2.05, 4.69) is 24.1 Å². The number of benzene rings is 1. The van der Waals surface area contributed by atoms with Crippen LogP contribution in [0.15, 0.2) is 18.2 Å². The predicted molar refractivity (Wildman–Crippen MR) is 74.5 cm³/mol. The highest BCUT2D eigenvalue weighted by atomic mass is 16.3. The van der Waals surface area contributed by atoms with Gasteiger partial charge in [-0.25, -0.2) is 0 Å². The summed E-state index contributed by atoms with van der Waals surface area (Å²) in [6.07, 6.45) is 0. The Labute approximate surface area is 113 Å². The molecule has 0 aromatic heterocycles. The number of aromatic hydroxyl groups is 2. The Morgan fingerprint density at radius 1 is 1.26 bits per heavy atom. The molecule has 1 atom stereocenters. The van der Waals surface area contributed by atoms with Gasteiger partial charge in [0.2, 0.25) is 0 Å². The monoisotopic (exact) mass is 266 g/mol. The second-order valence-electron chi connectivity index (χ2n) is 4.53. The quantitative estimate of drug-likeness (QED) is 0.730. The van der Waals surface area contributed by atoms with Crippen molar-refractivity contribution in [3.05, 3.63) is 23.8 Å². The van der Waals surface area contributed by atoms with Crippen LogP contribution in [0, 0.1) is 0 Å². The Kier molecular flexibility index (Phi) is 5.63. The topological polar surface area (TPSA) is 72.8 Å². The number of phenols is 2. The van der Waals surface area contributed by atoms with E-state index in [1.54, 1.807) is 0 Å². The van der Waals surface area contributed by atoms with Gasteiger partial charge in [0.1, 0.15) is 17.1 Å². The van der Waals surface area contributed by atoms with E-state index in [0.717, 1.165) is 19.6 Å². The van der Waals surface area contributed by atoms with Crippen molar-refractivity contribution in [2.24, 2.45) is 0 Å². The summed E-state index contributed by atoms with van der Waals surface area (Å²) in [6, 6.07) is 4.18. The largest absolute Gasteiger partial charge is 0.507 e. The Hall–Kier alpha value is -1.75. The zero-order valence-corrected chi connectivity index (χ0v) is 11.7. The summed E-state index contributed by atoms with van der Waals surface area (Å²) in [4.78, 5) is 14.2. The minimum Gasteiger partial charge on any atom is -0.507 e. The molecule has 0 radical (unpaired) electrons. The first-order valence-corrected chi connectivity index (χ1v) is 6.53. The Bertz CT molecular complexity index is 410. The van der Waals surface area contributed by atoms with Crippen molar-refractivity contribution in [1.82, 2.24) is 10.2 Å². The molecular weight excluding hydrogens is 244 g/mol. The molecule has 0 fully saturated rings. The van der Waals surface area contributed by atoms with E-state index in [0.29, 0.717) is 0 Å². The highest BCUT2D eigenvalue weighted by Gasteiger charge is 2.18. The molecule has 0 saturated carbocycles. The van der Waals surface area contributed by atoms with Crippen LogP contribution in [0.3, 0.4) is 0 Å². The fraction of sp³-hybridized carbons (Fsp3) is 0.500. The molecule has 0 aliphatic heterocycles. The van der Waals surface area contributed by atoms with Gasteiger partial charge in [0.15, 0.2) is 0 Å². The van der Waals surface area contributed by atoms with E-state index in [1.165, 1.54) is 18.2 Å². The molecule has 0 aliphatic rings. The van der Waals surface area contributed by atoms with Crippen molar-refractivity contribution in [3.8, 4) is 11.5 Å². The minimum atomic E-state index is -0.463. The average Bonchev–Trinajstić information content (AvgIpc) is 2.35. The molecule has 0 spiro atoms. The summed E-state index contributed by atoms with van der Waals surface area (Å²) in [6.45, 7) is 8.58. The predicted octanol–water partition coefficient (Wildman–Crippen LogP) is 1.56. The summed E-state index contributed by atoms with van der Waals surface area (Å²) >= 11 is 0. The summed E-state index contributed by atoms with van der Waals surface area (Å²) in [5.74, 6) is -0.893. The SMILES string of the molecule is CCN(CC)CC(C)NC(=O)c1c(O)cccc1O. The molecule has 0 aliphatic carbocycles. The number of hydrogen-bond donors (Lipinski definition) is 3. The lowest BCUT2D eigenvalue weighted by molar-refractivity contribution is 0.0925. The molecule has 1 aromatic rings. The molecule has 1 aromatic carbocycles. The number of hydrogen-bond acceptors (Lipinski definition) is 4. The number of nitrogens with one attached hydrogen (secondary N) is 1. The van der Waals surface area contributed by atoms with E-state index >= 15 is 0 Å². The van der Waals surface area contributed by atoms with Crippen molar-refractivity contribution in [2.45, 2.75) is 26.8 Å². The van der Waals surface area contributed by atoms with Gasteiger partial charge in [-0.1, -0.05) is 19.9 Å². The first kappa shape index (κ1) is 15.3. The van der Waals surface area contributed by atoms with Gasteiger partial charge >= 0.3 is 0 Å². The van der Waals surface area contributed by atoms with Gasteiger partial charge in [0, 0.05) is 12.6 Å². The molecule has 5 nitrogen and oxygen atoms in total. The van der Waals surface area contributed by atoms with Gasteiger partial charge in [-0.3, -0.25) is 4.79 Å². The molecule has 0 heterocycles. The third-order valence-electron chi connectivity index (χ3n) is 3.05. The molecule has 106 valence electrons. The number of carbonyl (C=O) groups is 1. The summed E-state index contributed by atoms with van der Waals surface area (Å²) in [5, 5.41) is 22.0. The molecule has 1 unspecified atom stereocenters. The van der Waals surface area contributed by atoms with E-state index in [9.17, 15) is 15.0 Å². The third kappa shape index (κ3) is 4.13. The Morgan fingerprint density at radius 2 is 1.79 bits per heavy atom. The van der Waals surface area contributed by atoms with Crippen molar-refractivity contribution >= 4 is 5.91 Å². The van der Waals surface area contributed by atoms with E-state index in [-0.39, 0.29) is 23.1 Å². The molecule has 5 heteroatoms. The highest BCUT2D eigenvalue weighted by molar-refractivity contribution is 5.99. The maximum absolute atomic E-state index is 12.0. The number of amides is 1. The van der Waals surface area contributed by atoms with Crippen LogP contribution < -0.4 is 5.32 Å². The van der Waals surface area contributed by atoms with Crippen LogP contribution in [-0.2, 0) is 0 Å². The maximum atomic E-state index is 12.0. The summed E-state index contributed by atoms with van der Waals surface area (Å²) in [7, 11) is 0. The van der Waals surface area contributed by atoms with E-state index in [1.807, 2.05) is 6.92 Å². The maximum Gasteiger partial charge on any atom is 0.259 e. The van der Waals surface area contributed by atoms with E-state index < -0.39 is 5.91 Å². The fourth-order valence-electron chi connectivity index (χ4n) is 1.97. The van der Waals surface area contributed by atoms with Crippen molar-refractivity contribution < 1.29 is 15.0 Å². The lowest BCUT2D eigenvalue weighted by Crippen LogP contribution is -2.41. The smallest absolute Gasteiger partial charge is 0.259 e. The number of nitrogens with zero attached hydrogens (tertiary/aromatic N) is 1. The van der Waals surface area contributed by atoms with Crippen LogP contribution in [0.5, 0.6) is 11.5 Å². The van der Waals surface area contributed by atoms with Crippen LogP contribution in [-0.4, -0.2) is 46.7 Å². The number of carbonyl (C=O) groups excluding carboxylic acids is 1. The van der Waals surface area contributed by atoms with Gasteiger partial charge in [-0.15, -0.1) is 0 Å². The number of likely N-dealkylation sites (N-methyl/N-ethyl adjacent to an activating group) is 1. The molecule has 3 N–H and O–H groups in total. The first-order chi connectivity index (χ1) is 8.99. The Balaban J connectivity index is 2.69. The number of rotatable bonds is 6. The fourth-order valence-corrected chi connectivity index (χ4v) is 1.97. The van der Waals surface area contributed by atoms with Crippen LogP contribution in [0.4, 0.5) is 0 Å². The van der Waals surface area contributed by atoms with E-state index in [4.69, 9.17) is 0 Å². The van der Waals surface area contributed by atoms with Gasteiger partial charge < -0.3 is 20.4 Å². The first-order valence-electron chi connectivity index (χ1n) is 6.53. The van der Waals surface area contributed by atoms with Gasteiger partial charge in [0.25, 0.3) is 5.91 Å². The molecular formula is C14H22N2O3. The van der Waals surface area contributed by atoms with Crippen LogP contribution in [0.1, 0.15) is 31.1 Å². The van der Waals surface area contributed by atoms with Crippen molar-refractivity contribution in [3.63, 3.8) is 0 Å². The lowest BCUT2D eigenvalue weighted by atomic mass is 10.1. The van der Waals surface area contributed by atoms with Gasteiger partial charge in [-0.05, 0) is 32.1 Å². The Morgan fingerprint density at radius 3 is 2.26 bits per heavy atom. The van der Waals surface area contributed by atoms with Crippen LogP contribution in [0.2, 0.25) is 0 Å². The summed E-state index contributed by atoms with van der Waals surface area (Å²) < 4.78 is 0. The average molecular weight is 266 g/mol. The second kappa shape index (κ2) is 6.99. The second-order valence-corrected chi connectivity index (χ2v) is 4.53. The molecule has 1 rings (SSSR count). The molecule has 1 amide bonds. The zero-order valence-electron chi connectivity index (χ0n) is 11.7. The normalized spacial score (nSPS) is 12.4. The molecule has 0 saturated heterocycles. The molecule has 19 heavy (non-hydrogen) atoms.